The van der Waals surface area contributed by atoms with Crippen molar-refractivity contribution in [1.82, 2.24) is 15.1 Å². The summed E-state index contributed by atoms with van der Waals surface area (Å²) in [6, 6.07) is 19.9. The van der Waals surface area contributed by atoms with E-state index in [0.717, 1.165) is 34.6 Å². The van der Waals surface area contributed by atoms with E-state index in [2.05, 4.69) is 31.3 Å². The summed E-state index contributed by atoms with van der Waals surface area (Å²) in [5.41, 5.74) is -2.72. The van der Waals surface area contributed by atoms with Gasteiger partial charge in [0.15, 0.2) is 0 Å². The molecule has 3 heterocycles. The van der Waals surface area contributed by atoms with Gasteiger partial charge in [-0.3, -0.25) is 23.7 Å². The van der Waals surface area contributed by atoms with Gasteiger partial charge in [-0.25, -0.2) is 0 Å². The Morgan fingerprint density at radius 3 is 2.21 bits per heavy atom. The monoisotopic (exact) mass is 766 g/mol. The Morgan fingerprint density at radius 2 is 1.57 bits per heavy atom. The van der Waals surface area contributed by atoms with Gasteiger partial charge in [-0.15, -0.1) is 11.3 Å². The molecule has 2 aliphatic heterocycles. The van der Waals surface area contributed by atoms with Gasteiger partial charge in [0, 0.05) is 54.5 Å². The lowest BCUT2D eigenvalue weighted by Crippen LogP contribution is -2.61. The predicted molar refractivity (Wildman–Crippen MR) is 198 cm³/mol. The molecule has 0 saturated carbocycles. The molecule has 11 nitrogen and oxygen atoms in total. The number of hydrogen-bond acceptors (Lipinski definition) is 6. The van der Waals surface area contributed by atoms with Crippen molar-refractivity contribution in [1.29, 1.82) is 0 Å². The molecule has 3 atom stereocenters. The average Bonchev–Trinajstić information content (AvgIpc) is 3.75. The molecule has 6 rings (SSSR count). The molecule has 4 amide bonds. The van der Waals surface area contributed by atoms with Crippen molar-refractivity contribution < 1.29 is 42.3 Å². The van der Waals surface area contributed by atoms with E-state index in [-0.39, 0.29) is 40.1 Å². The fourth-order valence-electron chi connectivity index (χ4n) is 7.22. The van der Waals surface area contributed by atoms with Crippen LogP contribution in [0.3, 0.4) is 0 Å². The maximum Gasteiger partial charge on any atom is 0.399 e. The van der Waals surface area contributed by atoms with E-state index in [9.17, 15) is 32.5 Å². The van der Waals surface area contributed by atoms with Crippen LogP contribution >= 0.6 is 18.9 Å². The second-order valence-corrected chi connectivity index (χ2v) is 16.9. The second kappa shape index (κ2) is 14.4. The predicted octanol–water partition coefficient (Wildman–Crippen LogP) is 5.83. The van der Waals surface area contributed by atoms with Gasteiger partial charge in [-0.05, 0) is 66.1 Å². The number of carbonyl (C=O) groups is 4. The number of thiophene rings is 1. The minimum absolute atomic E-state index is 0.0603. The molecule has 53 heavy (non-hydrogen) atoms. The zero-order valence-corrected chi connectivity index (χ0v) is 31.4. The fraction of sp³-hybridized carbons (Fsp3) is 0.368. The third-order valence-corrected chi connectivity index (χ3v) is 12.6. The molecule has 2 aliphatic rings. The van der Waals surface area contributed by atoms with Gasteiger partial charge in [0.2, 0.25) is 17.7 Å². The van der Waals surface area contributed by atoms with Gasteiger partial charge in [-0.1, -0.05) is 62.4 Å². The average molecular weight is 767 g/mol. The first-order valence-corrected chi connectivity index (χ1v) is 19.6. The maximum absolute atomic E-state index is 14.4. The summed E-state index contributed by atoms with van der Waals surface area (Å²) in [6.07, 6.45) is 1.39. The Bertz CT molecular complexity index is 2100. The van der Waals surface area contributed by atoms with Crippen LogP contribution in [-0.2, 0) is 30.0 Å². The largest absolute Gasteiger partial charge is 0.399 e. The van der Waals surface area contributed by atoms with Crippen LogP contribution in [0, 0.1) is 0 Å². The first-order chi connectivity index (χ1) is 24.9. The third-order valence-electron chi connectivity index (χ3n) is 10.5. The zero-order valence-electron chi connectivity index (χ0n) is 29.7. The van der Waals surface area contributed by atoms with Crippen molar-refractivity contribution >= 4 is 58.3 Å². The van der Waals surface area contributed by atoms with Crippen molar-refractivity contribution in [3.8, 4) is 0 Å². The lowest BCUT2D eigenvalue weighted by molar-refractivity contribution is -0.144. The molecule has 2 saturated heterocycles. The molecule has 2 fully saturated rings. The van der Waals surface area contributed by atoms with Crippen LogP contribution in [0.1, 0.15) is 66.4 Å². The molecule has 0 spiro atoms. The van der Waals surface area contributed by atoms with Crippen LogP contribution in [-0.4, -0.2) is 81.5 Å². The van der Waals surface area contributed by atoms with E-state index >= 15 is 0 Å². The Balaban J connectivity index is 1.23. The van der Waals surface area contributed by atoms with Crippen LogP contribution in [0.15, 0.2) is 78.9 Å². The highest BCUT2D eigenvalue weighted by Crippen LogP contribution is 2.59. The Hall–Kier alpha value is -4.49. The number of rotatable bonds is 8. The summed E-state index contributed by atoms with van der Waals surface area (Å²) in [5, 5.41) is 2.88. The highest BCUT2D eigenvalue weighted by atomic mass is 32.1. The fourth-order valence-corrected chi connectivity index (χ4v) is 8.65. The van der Waals surface area contributed by atoms with Gasteiger partial charge in [-0.2, -0.15) is 8.78 Å². The topological polar surface area (TPSA) is 148 Å². The number of carbonyl (C=O) groups excluding carboxylic acids is 4. The van der Waals surface area contributed by atoms with E-state index in [0.29, 0.717) is 36.2 Å². The highest BCUT2D eigenvalue weighted by molar-refractivity contribution is 7.52. The summed E-state index contributed by atoms with van der Waals surface area (Å²) in [7, 11) is -4.14. The number of benzene rings is 3. The zero-order chi connectivity index (χ0) is 38.5. The van der Waals surface area contributed by atoms with Gasteiger partial charge < -0.3 is 29.8 Å². The molecular weight excluding hydrogens is 725 g/mol. The molecule has 15 heteroatoms. The molecule has 4 aromatic rings. The first-order valence-electron chi connectivity index (χ1n) is 17.2. The molecule has 0 radical (unpaired) electrons. The van der Waals surface area contributed by atoms with Crippen molar-refractivity contribution in [2.75, 3.05) is 25.0 Å². The molecule has 3 N–H and O–H groups in total. The number of likely N-dealkylation sites (N-methyl/N-ethyl adjacent to an activating group) is 1. The van der Waals surface area contributed by atoms with Crippen LogP contribution in [0.25, 0.3) is 10.1 Å². The molecule has 3 aromatic carbocycles. The number of anilines is 1. The summed E-state index contributed by atoms with van der Waals surface area (Å²) in [4.78, 5) is 77.6. The number of hydrogen-bond donors (Lipinski definition) is 3. The van der Waals surface area contributed by atoms with E-state index in [1.807, 2.05) is 42.5 Å². The van der Waals surface area contributed by atoms with E-state index in [4.69, 9.17) is 9.79 Å². The lowest BCUT2D eigenvalue weighted by atomic mass is 9.78. The third kappa shape index (κ3) is 7.37. The number of halogens is 2. The molecular formula is C38H41F2N4O7PS. The molecule has 0 bridgehead atoms. The minimum Gasteiger partial charge on any atom is -0.340 e. The van der Waals surface area contributed by atoms with Crippen LogP contribution in [0.5, 0.6) is 0 Å². The van der Waals surface area contributed by atoms with Crippen LogP contribution in [0.2, 0.25) is 0 Å². The number of amides is 4. The summed E-state index contributed by atoms with van der Waals surface area (Å²) < 4.78 is 40.6. The summed E-state index contributed by atoms with van der Waals surface area (Å²) >= 11 is 0.949. The Labute approximate surface area is 309 Å². The number of nitrogens with one attached hydrogen (secondary N) is 1. The van der Waals surface area contributed by atoms with Crippen molar-refractivity contribution in [2.45, 2.75) is 69.2 Å². The Morgan fingerprint density at radius 1 is 0.925 bits per heavy atom. The van der Waals surface area contributed by atoms with Gasteiger partial charge in [0.1, 0.15) is 12.1 Å². The lowest BCUT2D eigenvalue weighted by Gasteiger charge is -2.39. The molecule has 280 valence electrons. The van der Waals surface area contributed by atoms with Crippen molar-refractivity contribution in [3.63, 3.8) is 0 Å². The minimum atomic E-state index is -5.81. The highest BCUT2D eigenvalue weighted by Gasteiger charge is 2.50. The van der Waals surface area contributed by atoms with Crippen molar-refractivity contribution in [3.05, 3.63) is 100 Å². The summed E-state index contributed by atoms with van der Waals surface area (Å²) in [6.45, 7) is 5.82. The number of fused-ring (bicyclic) bond motifs is 2. The van der Waals surface area contributed by atoms with E-state index in [1.165, 1.54) is 28.9 Å². The first kappa shape index (κ1) is 38.2. The van der Waals surface area contributed by atoms with E-state index in [1.54, 1.807) is 11.9 Å². The standard InChI is InChI=1S/C38H41F2N4O7PS/c1-23(45)43-19-18-29-15-16-31(36(48)42(4)28-13-10-26(11-14-28)37(2,3)25-8-6-5-7-9-25)44(29)35(47)30(22-43)41-34(46)33-21-24-20-27(12-17-32(24)53-33)38(39,40)52(49,50)51/h5-14,17,20-21,29-31H,15-16,18-19,22H2,1-4H3,(H,41,46)(H2,49,50,51)/t29-,30+,31+/m1/s1. The smallest absolute Gasteiger partial charge is 0.340 e. The van der Waals surface area contributed by atoms with Gasteiger partial charge >= 0.3 is 13.3 Å². The summed E-state index contributed by atoms with van der Waals surface area (Å²) in [5.74, 6) is -1.78. The van der Waals surface area contributed by atoms with Gasteiger partial charge in [0.25, 0.3) is 5.91 Å². The molecule has 0 aliphatic carbocycles. The van der Waals surface area contributed by atoms with Crippen LogP contribution in [0.4, 0.5) is 14.5 Å². The molecule has 1 aromatic heterocycles. The quantitative estimate of drug-likeness (QED) is 0.191. The van der Waals surface area contributed by atoms with E-state index < -0.39 is 42.7 Å². The van der Waals surface area contributed by atoms with Gasteiger partial charge in [0.05, 0.1) is 4.88 Å². The Kier molecular flexibility index (Phi) is 10.4. The normalized spacial score (nSPS) is 19.8. The SMILES string of the molecule is CC(=O)N1CC[C@H]2CC[C@@H](C(=O)N(C)c3ccc(C(C)(C)c4ccccc4)cc3)N2C(=O)[C@@H](NC(=O)c2cc3cc(C(F)(F)P(=O)(O)O)ccc3s2)C1. The van der Waals surface area contributed by atoms with Crippen LogP contribution < -0.4 is 10.2 Å². The number of alkyl halides is 2. The maximum atomic E-state index is 14.4. The van der Waals surface area contributed by atoms with Crippen molar-refractivity contribution in [2.24, 2.45) is 0 Å². The molecule has 0 unspecified atom stereocenters. The number of nitrogens with zero attached hydrogens (tertiary/aromatic N) is 3. The second-order valence-electron chi connectivity index (χ2n) is 14.2.